The highest BCUT2D eigenvalue weighted by atomic mass is 16.5. The summed E-state index contributed by atoms with van der Waals surface area (Å²) in [6.45, 7) is 3.81. The Kier molecular flexibility index (Phi) is 2.77. The van der Waals surface area contributed by atoms with E-state index in [2.05, 4.69) is 4.98 Å². The van der Waals surface area contributed by atoms with Gasteiger partial charge in [0.1, 0.15) is 17.2 Å². The molecule has 0 bridgehead atoms. The topological polar surface area (TPSA) is 42.4 Å². The van der Waals surface area contributed by atoms with Gasteiger partial charge in [-0.25, -0.2) is 0 Å². The molecule has 1 aromatic carbocycles. The molecule has 0 amide bonds. The summed E-state index contributed by atoms with van der Waals surface area (Å²) in [6, 6.07) is 8.77. The number of hydrogen-bond donors (Lipinski definition) is 1. The maximum atomic E-state index is 9.43. The maximum absolute atomic E-state index is 9.43. The van der Waals surface area contributed by atoms with Gasteiger partial charge < -0.3 is 9.84 Å². The molecule has 0 atom stereocenters. The van der Waals surface area contributed by atoms with Gasteiger partial charge >= 0.3 is 0 Å². The number of aromatic nitrogens is 1. The Bertz CT molecular complexity index is 489. The molecule has 1 heterocycles. The van der Waals surface area contributed by atoms with E-state index in [4.69, 9.17) is 4.74 Å². The first-order valence-corrected chi connectivity index (χ1v) is 5.05. The molecule has 0 fully saturated rings. The summed E-state index contributed by atoms with van der Waals surface area (Å²) < 4.78 is 5.62. The van der Waals surface area contributed by atoms with Crippen LogP contribution in [0.3, 0.4) is 0 Å². The summed E-state index contributed by atoms with van der Waals surface area (Å²) in [7, 11) is 0. The lowest BCUT2D eigenvalue weighted by atomic mass is 10.2. The van der Waals surface area contributed by atoms with Crippen LogP contribution in [-0.4, -0.2) is 10.1 Å². The number of aryl methyl sites for hydroxylation is 2. The van der Waals surface area contributed by atoms with Crippen molar-refractivity contribution in [3.63, 3.8) is 0 Å². The van der Waals surface area contributed by atoms with E-state index in [-0.39, 0.29) is 5.75 Å². The van der Waals surface area contributed by atoms with Crippen molar-refractivity contribution in [1.82, 2.24) is 4.98 Å². The predicted octanol–water partition coefficient (Wildman–Crippen LogP) is 3.20. The monoisotopic (exact) mass is 215 g/mol. The SMILES string of the molecule is Cc1cc(O)cc(Oc2ccnc(C)c2)c1. The van der Waals surface area contributed by atoms with Gasteiger partial charge in [-0.15, -0.1) is 0 Å². The second kappa shape index (κ2) is 4.23. The Morgan fingerprint density at radius 2 is 1.88 bits per heavy atom. The van der Waals surface area contributed by atoms with E-state index in [1.807, 2.05) is 26.0 Å². The van der Waals surface area contributed by atoms with Crippen molar-refractivity contribution in [2.45, 2.75) is 13.8 Å². The van der Waals surface area contributed by atoms with Crippen molar-refractivity contribution >= 4 is 0 Å². The van der Waals surface area contributed by atoms with Crippen molar-refractivity contribution in [3.8, 4) is 17.2 Å². The highest BCUT2D eigenvalue weighted by Crippen LogP contribution is 2.26. The van der Waals surface area contributed by atoms with Crippen molar-refractivity contribution < 1.29 is 9.84 Å². The lowest BCUT2D eigenvalue weighted by Crippen LogP contribution is -1.87. The van der Waals surface area contributed by atoms with Crippen LogP contribution in [0.5, 0.6) is 17.2 Å². The van der Waals surface area contributed by atoms with Gasteiger partial charge in [0, 0.05) is 24.0 Å². The molecule has 1 N–H and O–H groups in total. The number of phenolic OH excluding ortho intramolecular Hbond substituents is 1. The van der Waals surface area contributed by atoms with E-state index >= 15 is 0 Å². The van der Waals surface area contributed by atoms with Crippen LogP contribution >= 0.6 is 0 Å². The number of pyridine rings is 1. The molecule has 0 spiro atoms. The highest BCUT2D eigenvalue weighted by molar-refractivity contribution is 5.39. The van der Waals surface area contributed by atoms with Gasteiger partial charge in [0.2, 0.25) is 0 Å². The molecule has 1 aromatic heterocycles. The summed E-state index contributed by atoms with van der Waals surface area (Å²) in [5.74, 6) is 1.56. The Morgan fingerprint density at radius 1 is 1.06 bits per heavy atom. The van der Waals surface area contributed by atoms with Crippen LogP contribution in [0.2, 0.25) is 0 Å². The molecule has 2 aromatic rings. The second-order valence-electron chi connectivity index (χ2n) is 3.74. The molecule has 3 heteroatoms. The molecule has 82 valence electrons. The quantitative estimate of drug-likeness (QED) is 0.836. The number of benzene rings is 1. The molecular formula is C13H13NO2. The summed E-state index contributed by atoms with van der Waals surface area (Å²) >= 11 is 0. The third kappa shape index (κ3) is 2.51. The van der Waals surface area contributed by atoms with Gasteiger partial charge in [0.25, 0.3) is 0 Å². The summed E-state index contributed by atoms with van der Waals surface area (Å²) in [5.41, 5.74) is 1.86. The van der Waals surface area contributed by atoms with Crippen molar-refractivity contribution in [1.29, 1.82) is 0 Å². The van der Waals surface area contributed by atoms with E-state index in [0.29, 0.717) is 5.75 Å². The van der Waals surface area contributed by atoms with Gasteiger partial charge in [0.15, 0.2) is 0 Å². The first-order chi connectivity index (χ1) is 7.63. The minimum Gasteiger partial charge on any atom is -0.508 e. The molecular weight excluding hydrogens is 202 g/mol. The average Bonchev–Trinajstić information content (AvgIpc) is 2.15. The van der Waals surface area contributed by atoms with Crippen molar-refractivity contribution in [2.75, 3.05) is 0 Å². The van der Waals surface area contributed by atoms with Gasteiger partial charge in [-0.1, -0.05) is 0 Å². The van der Waals surface area contributed by atoms with Crippen molar-refractivity contribution in [3.05, 3.63) is 47.8 Å². The molecule has 16 heavy (non-hydrogen) atoms. The van der Waals surface area contributed by atoms with Gasteiger partial charge in [-0.3, -0.25) is 4.98 Å². The Labute approximate surface area is 94.3 Å². The molecule has 2 rings (SSSR count). The zero-order valence-corrected chi connectivity index (χ0v) is 9.27. The van der Waals surface area contributed by atoms with Gasteiger partial charge in [0.05, 0.1) is 0 Å². The van der Waals surface area contributed by atoms with Crippen LogP contribution in [-0.2, 0) is 0 Å². The molecule has 0 saturated carbocycles. The summed E-state index contributed by atoms with van der Waals surface area (Å²) in [5, 5.41) is 9.43. The fourth-order valence-corrected chi connectivity index (χ4v) is 1.51. The summed E-state index contributed by atoms with van der Waals surface area (Å²) in [4.78, 5) is 4.09. The molecule has 0 aliphatic carbocycles. The maximum Gasteiger partial charge on any atom is 0.131 e. The molecule has 0 saturated heterocycles. The van der Waals surface area contributed by atoms with Crippen LogP contribution in [0.15, 0.2) is 36.5 Å². The number of phenols is 1. The number of ether oxygens (including phenoxy) is 1. The number of rotatable bonds is 2. The first-order valence-electron chi connectivity index (χ1n) is 5.05. The van der Waals surface area contributed by atoms with Crippen molar-refractivity contribution in [2.24, 2.45) is 0 Å². The third-order valence-electron chi connectivity index (χ3n) is 2.14. The van der Waals surface area contributed by atoms with Crippen LogP contribution < -0.4 is 4.74 Å². The van der Waals surface area contributed by atoms with Crippen LogP contribution in [0, 0.1) is 13.8 Å². The average molecular weight is 215 g/mol. The van der Waals surface area contributed by atoms with E-state index in [9.17, 15) is 5.11 Å². The van der Waals surface area contributed by atoms with Crippen LogP contribution in [0.25, 0.3) is 0 Å². The normalized spacial score (nSPS) is 10.1. The first kappa shape index (κ1) is 10.5. The lowest BCUT2D eigenvalue weighted by molar-refractivity contribution is 0.454. The number of aromatic hydroxyl groups is 1. The fraction of sp³-hybridized carbons (Fsp3) is 0.154. The molecule has 0 radical (unpaired) electrons. The second-order valence-corrected chi connectivity index (χ2v) is 3.74. The zero-order chi connectivity index (χ0) is 11.5. The highest BCUT2D eigenvalue weighted by Gasteiger charge is 2.00. The van der Waals surface area contributed by atoms with E-state index in [1.54, 1.807) is 24.4 Å². The minimum absolute atomic E-state index is 0.209. The lowest BCUT2D eigenvalue weighted by Gasteiger charge is -2.07. The minimum atomic E-state index is 0.209. The largest absolute Gasteiger partial charge is 0.508 e. The third-order valence-corrected chi connectivity index (χ3v) is 2.14. The van der Waals surface area contributed by atoms with Crippen LogP contribution in [0.4, 0.5) is 0 Å². The smallest absolute Gasteiger partial charge is 0.131 e. The van der Waals surface area contributed by atoms with E-state index in [0.717, 1.165) is 17.0 Å². The number of nitrogens with zero attached hydrogens (tertiary/aromatic N) is 1. The molecule has 3 nitrogen and oxygen atoms in total. The fourth-order valence-electron chi connectivity index (χ4n) is 1.51. The predicted molar refractivity (Wildman–Crippen MR) is 61.9 cm³/mol. The number of hydrogen-bond acceptors (Lipinski definition) is 3. The van der Waals surface area contributed by atoms with E-state index < -0.39 is 0 Å². The molecule has 0 unspecified atom stereocenters. The Balaban J connectivity index is 2.27. The summed E-state index contributed by atoms with van der Waals surface area (Å²) in [6.07, 6.45) is 1.69. The Hall–Kier alpha value is -2.03. The van der Waals surface area contributed by atoms with Gasteiger partial charge in [-0.05, 0) is 37.6 Å². The Morgan fingerprint density at radius 3 is 2.56 bits per heavy atom. The molecule has 0 aliphatic heterocycles. The zero-order valence-electron chi connectivity index (χ0n) is 9.27. The van der Waals surface area contributed by atoms with Crippen LogP contribution in [0.1, 0.15) is 11.3 Å². The van der Waals surface area contributed by atoms with E-state index in [1.165, 1.54) is 0 Å². The van der Waals surface area contributed by atoms with Gasteiger partial charge in [-0.2, -0.15) is 0 Å². The molecule has 0 aliphatic rings. The standard InChI is InChI=1S/C13H13NO2/c1-9-5-11(15)8-13(6-9)16-12-3-4-14-10(2)7-12/h3-8,15H,1-2H3.